The number of nitrogens with zero attached hydrogens (tertiary/aromatic N) is 1. The van der Waals surface area contributed by atoms with Crippen molar-refractivity contribution < 1.29 is 9.59 Å². The third kappa shape index (κ3) is 4.30. The first-order valence-electron chi connectivity index (χ1n) is 9.35. The van der Waals surface area contributed by atoms with Gasteiger partial charge in [0.2, 0.25) is 11.8 Å². The lowest BCUT2D eigenvalue weighted by atomic mass is 10.0. The second kappa shape index (κ2) is 7.82. The molecule has 2 aromatic rings. The molecule has 2 amide bonds. The number of aryl methyl sites for hydroxylation is 3. The molecule has 1 fully saturated rings. The summed E-state index contributed by atoms with van der Waals surface area (Å²) in [6.45, 7) is 7.07. The molecule has 1 atom stereocenters. The van der Waals surface area contributed by atoms with Gasteiger partial charge in [-0.15, -0.1) is 0 Å². The SMILES string of the molecule is Cc1cc(C)c(N2CC(C(=O)NCCc3ccc(N)cc3)CC2=O)c(C)c1. The van der Waals surface area contributed by atoms with Gasteiger partial charge in [0.1, 0.15) is 0 Å². The van der Waals surface area contributed by atoms with Crippen LogP contribution in [0.15, 0.2) is 36.4 Å². The Morgan fingerprint density at radius 1 is 1.15 bits per heavy atom. The van der Waals surface area contributed by atoms with E-state index in [4.69, 9.17) is 5.73 Å². The van der Waals surface area contributed by atoms with Gasteiger partial charge in [-0.05, 0) is 56.0 Å². The molecule has 1 unspecified atom stereocenters. The molecule has 5 nitrogen and oxygen atoms in total. The first-order chi connectivity index (χ1) is 12.8. The van der Waals surface area contributed by atoms with Crippen LogP contribution in [0.1, 0.15) is 28.7 Å². The molecule has 142 valence electrons. The van der Waals surface area contributed by atoms with Gasteiger partial charge in [-0.25, -0.2) is 0 Å². The predicted octanol–water partition coefficient (Wildman–Crippen LogP) is 2.91. The Morgan fingerprint density at radius 3 is 2.41 bits per heavy atom. The number of nitrogens with two attached hydrogens (primary N) is 1. The van der Waals surface area contributed by atoms with Crippen LogP contribution >= 0.6 is 0 Å². The molecule has 0 radical (unpaired) electrons. The van der Waals surface area contributed by atoms with Crippen molar-refractivity contribution in [3.63, 3.8) is 0 Å². The topological polar surface area (TPSA) is 75.4 Å². The Hall–Kier alpha value is -2.82. The van der Waals surface area contributed by atoms with E-state index in [0.717, 1.165) is 34.5 Å². The molecule has 1 heterocycles. The second-order valence-corrected chi connectivity index (χ2v) is 7.44. The number of carbonyl (C=O) groups excluding carboxylic acids is 2. The minimum absolute atomic E-state index is 0.0173. The average molecular weight is 365 g/mol. The first-order valence-corrected chi connectivity index (χ1v) is 9.35. The third-order valence-corrected chi connectivity index (χ3v) is 5.09. The maximum atomic E-state index is 12.5. The molecule has 5 heteroatoms. The Morgan fingerprint density at radius 2 is 1.78 bits per heavy atom. The van der Waals surface area contributed by atoms with Gasteiger partial charge in [0.25, 0.3) is 0 Å². The monoisotopic (exact) mass is 365 g/mol. The molecule has 0 aliphatic carbocycles. The zero-order chi connectivity index (χ0) is 19.6. The van der Waals surface area contributed by atoms with Crippen LogP contribution in [0.3, 0.4) is 0 Å². The highest BCUT2D eigenvalue weighted by molar-refractivity contribution is 6.01. The highest BCUT2D eigenvalue weighted by Gasteiger charge is 2.36. The number of rotatable bonds is 5. The molecule has 0 saturated carbocycles. The summed E-state index contributed by atoms with van der Waals surface area (Å²) in [5.41, 5.74) is 11.8. The van der Waals surface area contributed by atoms with Gasteiger partial charge in [-0.3, -0.25) is 9.59 Å². The number of amides is 2. The number of nitrogen functional groups attached to an aromatic ring is 1. The van der Waals surface area contributed by atoms with Gasteiger partial charge < -0.3 is 16.0 Å². The molecule has 1 aliphatic heterocycles. The first kappa shape index (κ1) is 19.0. The summed E-state index contributed by atoms with van der Waals surface area (Å²) < 4.78 is 0. The zero-order valence-electron chi connectivity index (χ0n) is 16.2. The number of carbonyl (C=O) groups is 2. The van der Waals surface area contributed by atoms with E-state index in [0.29, 0.717) is 13.1 Å². The van der Waals surface area contributed by atoms with E-state index in [1.165, 1.54) is 5.56 Å². The van der Waals surface area contributed by atoms with Gasteiger partial charge in [-0.1, -0.05) is 29.8 Å². The van der Waals surface area contributed by atoms with Crippen molar-refractivity contribution in [1.82, 2.24) is 5.32 Å². The van der Waals surface area contributed by atoms with Crippen LogP contribution in [0.25, 0.3) is 0 Å². The van der Waals surface area contributed by atoms with E-state index in [2.05, 4.69) is 17.4 Å². The minimum atomic E-state index is -0.302. The van der Waals surface area contributed by atoms with Crippen LogP contribution in [0.4, 0.5) is 11.4 Å². The normalized spacial score (nSPS) is 16.6. The van der Waals surface area contributed by atoms with Gasteiger partial charge in [0.15, 0.2) is 0 Å². The zero-order valence-corrected chi connectivity index (χ0v) is 16.2. The molecular weight excluding hydrogens is 338 g/mol. The van der Waals surface area contributed by atoms with Crippen LogP contribution in [-0.4, -0.2) is 24.9 Å². The summed E-state index contributed by atoms with van der Waals surface area (Å²) in [5.74, 6) is -0.337. The molecule has 2 aromatic carbocycles. The van der Waals surface area contributed by atoms with Crippen molar-refractivity contribution in [2.75, 3.05) is 23.7 Å². The molecule has 27 heavy (non-hydrogen) atoms. The molecule has 0 bridgehead atoms. The van der Waals surface area contributed by atoms with Gasteiger partial charge >= 0.3 is 0 Å². The summed E-state index contributed by atoms with van der Waals surface area (Å²) in [6.07, 6.45) is 1.01. The summed E-state index contributed by atoms with van der Waals surface area (Å²) in [4.78, 5) is 26.8. The Bertz CT molecular complexity index is 835. The summed E-state index contributed by atoms with van der Waals surface area (Å²) in [6, 6.07) is 11.8. The Kier molecular flexibility index (Phi) is 5.49. The lowest BCUT2D eigenvalue weighted by Crippen LogP contribution is -2.34. The van der Waals surface area contributed by atoms with Gasteiger partial charge in [-0.2, -0.15) is 0 Å². The van der Waals surface area contributed by atoms with E-state index in [1.807, 2.05) is 45.0 Å². The van der Waals surface area contributed by atoms with Crippen LogP contribution in [0, 0.1) is 26.7 Å². The Labute approximate surface area is 160 Å². The van der Waals surface area contributed by atoms with Gasteiger partial charge in [0.05, 0.1) is 5.92 Å². The fourth-order valence-electron chi connectivity index (χ4n) is 3.86. The summed E-state index contributed by atoms with van der Waals surface area (Å²) in [7, 11) is 0. The lowest BCUT2D eigenvalue weighted by molar-refractivity contribution is -0.126. The van der Waals surface area contributed by atoms with Crippen LogP contribution in [-0.2, 0) is 16.0 Å². The number of anilines is 2. The maximum absolute atomic E-state index is 12.5. The number of hydrogen-bond acceptors (Lipinski definition) is 3. The van der Waals surface area contributed by atoms with E-state index in [-0.39, 0.29) is 24.2 Å². The summed E-state index contributed by atoms with van der Waals surface area (Å²) in [5, 5.41) is 2.97. The smallest absolute Gasteiger partial charge is 0.227 e. The molecule has 0 spiro atoms. The van der Waals surface area contributed by atoms with Crippen molar-refractivity contribution in [3.8, 4) is 0 Å². The summed E-state index contributed by atoms with van der Waals surface area (Å²) >= 11 is 0. The fourth-order valence-corrected chi connectivity index (χ4v) is 3.86. The number of nitrogens with one attached hydrogen (secondary N) is 1. The highest BCUT2D eigenvalue weighted by Crippen LogP contribution is 2.31. The highest BCUT2D eigenvalue weighted by atomic mass is 16.2. The Balaban J connectivity index is 1.60. The molecule has 3 N–H and O–H groups in total. The molecule has 3 rings (SSSR count). The standard InChI is InChI=1S/C22H27N3O2/c1-14-10-15(2)21(16(3)11-14)25-13-18(12-20(25)26)22(27)24-9-8-17-4-6-19(23)7-5-17/h4-7,10-11,18H,8-9,12-13,23H2,1-3H3,(H,24,27). The maximum Gasteiger partial charge on any atom is 0.227 e. The lowest BCUT2D eigenvalue weighted by Gasteiger charge is -2.22. The predicted molar refractivity (Wildman–Crippen MR) is 109 cm³/mol. The van der Waals surface area contributed by atoms with Crippen molar-refractivity contribution in [2.45, 2.75) is 33.6 Å². The molecule has 1 saturated heterocycles. The largest absolute Gasteiger partial charge is 0.399 e. The van der Waals surface area contributed by atoms with Gasteiger partial charge in [0, 0.05) is 30.9 Å². The van der Waals surface area contributed by atoms with E-state index < -0.39 is 0 Å². The van der Waals surface area contributed by atoms with E-state index >= 15 is 0 Å². The molecule has 0 aromatic heterocycles. The van der Waals surface area contributed by atoms with Crippen molar-refractivity contribution in [2.24, 2.45) is 5.92 Å². The van der Waals surface area contributed by atoms with Crippen LogP contribution in [0.2, 0.25) is 0 Å². The van der Waals surface area contributed by atoms with E-state index in [1.54, 1.807) is 4.90 Å². The molecular formula is C22H27N3O2. The number of benzene rings is 2. The van der Waals surface area contributed by atoms with Crippen LogP contribution < -0.4 is 16.0 Å². The average Bonchev–Trinajstić information content (AvgIpc) is 2.97. The number of hydrogen-bond donors (Lipinski definition) is 2. The van der Waals surface area contributed by atoms with Crippen LogP contribution in [0.5, 0.6) is 0 Å². The fraction of sp³-hybridized carbons (Fsp3) is 0.364. The molecule has 1 aliphatic rings. The quantitative estimate of drug-likeness (QED) is 0.800. The van der Waals surface area contributed by atoms with Crippen molar-refractivity contribution in [3.05, 3.63) is 58.7 Å². The van der Waals surface area contributed by atoms with Crippen molar-refractivity contribution >= 4 is 23.2 Å². The van der Waals surface area contributed by atoms with Crippen molar-refractivity contribution in [1.29, 1.82) is 0 Å². The minimum Gasteiger partial charge on any atom is -0.399 e. The second-order valence-electron chi connectivity index (χ2n) is 7.44. The third-order valence-electron chi connectivity index (χ3n) is 5.09. The van der Waals surface area contributed by atoms with E-state index in [9.17, 15) is 9.59 Å².